The molecule has 178 valence electrons. The molecule has 1 aromatic rings. The molecule has 1 unspecified atom stereocenters. The number of nitriles is 1. The highest BCUT2D eigenvalue weighted by Gasteiger charge is 2.51. The molecule has 0 saturated carbocycles. The molecule has 0 bridgehead atoms. The first-order valence-corrected chi connectivity index (χ1v) is 15.5. The number of carbonyl (C=O) groups excluding carboxylic acids is 1. The van der Waals surface area contributed by atoms with Gasteiger partial charge in [-0.05, 0) is 63.2 Å². The zero-order valence-corrected chi connectivity index (χ0v) is 23.2. The second-order valence-corrected chi connectivity index (χ2v) is 16.3. The number of thiol groups is 1. The van der Waals surface area contributed by atoms with E-state index in [1.807, 2.05) is 24.8 Å². The molecule has 9 heteroatoms. The van der Waals surface area contributed by atoms with Crippen LogP contribution in [0.1, 0.15) is 53.0 Å². The van der Waals surface area contributed by atoms with E-state index in [1.54, 1.807) is 12.3 Å². The molecule has 0 N–H and O–H groups in total. The molecule has 1 aliphatic heterocycles. The van der Waals surface area contributed by atoms with E-state index in [9.17, 15) is 10.1 Å². The molecule has 32 heavy (non-hydrogen) atoms. The Labute approximate surface area is 203 Å². The normalized spacial score (nSPS) is 19.5. The fraction of sp³-hybridized carbons (Fsp3) is 0.652. The van der Waals surface area contributed by atoms with Crippen LogP contribution < -0.4 is 4.90 Å². The molecule has 0 radical (unpaired) electrons. The smallest absolute Gasteiger partial charge is 0.249 e. The Bertz CT molecular complexity index is 896. The number of halogens is 1. The van der Waals surface area contributed by atoms with Gasteiger partial charge in [0.05, 0.1) is 21.7 Å². The van der Waals surface area contributed by atoms with Gasteiger partial charge in [-0.25, -0.2) is 4.39 Å². The number of thioether (sulfide) groups is 1. The van der Waals surface area contributed by atoms with Crippen LogP contribution in [0.25, 0.3) is 0 Å². The van der Waals surface area contributed by atoms with Crippen molar-refractivity contribution < 1.29 is 13.6 Å². The fourth-order valence-corrected chi connectivity index (χ4v) is 5.87. The number of hydrogen-bond acceptors (Lipinski definition) is 6. The van der Waals surface area contributed by atoms with Gasteiger partial charge >= 0.3 is 0 Å². The van der Waals surface area contributed by atoms with Crippen LogP contribution in [0.5, 0.6) is 0 Å². The topological polar surface area (TPSA) is 56.6 Å². The summed E-state index contributed by atoms with van der Waals surface area (Å²) in [5.74, 6) is -0.755. The predicted octanol–water partition coefficient (Wildman–Crippen LogP) is 5.86. The van der Waals surface area contributed by atoms with E-state index in [2.05, 4.69) is 33.9 Å². The molecule has 0 spiro atoms. The number of rotatable bonds is 8. The Hall–Kier alpha value is -1.05. The highest BCUT2D eigenvalue weighted by molar-refractivity contribution is 7.98. The van der Waals surface area contributed by atoms with Gasteiger partial charge in [0, 0.05) is 13.2 Å². The zero-order valence-electron chi connectivity index (χ0n) is 20.5. The maximum atomic E-state index is 15.2. The average Bonchev–Trinajstić information content (AvgIpc) is 2.85. The summed E-state index contributed by atoms with van der Waals surface area (Å²) < 4.78 is 21.5. The van der Waals surface area contributed by atoms with Crippen LogP contribution in [-0.2, 0) is 9.22 Å². The van der Waals surface area contributed by atoms with Crippen molar-refractivity contribution in [1.82, 2.24) is 4.90 Å². The Morgan fingerprint density at radius 1 is 1.31 bits per heavy atom. The van der Waals surface area contributed by atoms with Crippen LogP contribution >= 0.6 is 24.4 Å². The standard InChI is InChI=1S/C23H36FN3O2S2Si/c1-22(2,3)32(7,8)29-14-10-9-13-26-21(30)27(20(28)23(26,4)5)17-12-11-16(15-25)19(31-6)18(17)24/h11-12,21,30H,9-10,13-14H2,1-8H3. The van der Waals surface area contributed by atoms with E-state index in [4.69, 9.17) is 17.1 Å². The Morgan fingerprint density at radius 2 is 1.94 bits per heavy atom. The maximum Gasteiger partial charge on any atom is 0.249 e. The number of unbranched alkanes of at least 4 members (excludes halogenated alkanes) is 1. The molecule has 0 aromatic heterocycles. The lowest BCUT2D eigenvalue weighted by Gasteiger charge is -2.36. The van der Waals surface area contributed by atoms with Gasteiger partial charge in [0.1, 0.15) is 11.6 Å². The van der Waals surface area contributed by atoms with Gasteiger partial charge in [-0.1, -0.05) is 20.8 Å². The van der Waals surface area contributed by atoms with Crippen molar-refractivity contribution in [1.29, 1.82) is 5.26 Å². The average molecular weight is 498 g/mol. The molecule has 1 fully saturated rings. The summed E-state index contributed by atoms with van der Waals surface area (Å²) in [6.07, 6.45) is 3.45. The molecule has 1 aliphatic rings. The highest BCUT2D eigenvalue weighted by atomic mass is 32.2. The highest BCUT2D eigenvalue weighted by Crippen LogP contribution is 2.40. The van der Waals surface area contributed by atoms with Crippen molar-refractivity contribution in [2.75, 3.05) is 24.3 Å². The van der Waals surface area contributed by atoms with E-state index in [0.717, 1.165) is 24.6 Å². The summed E-state index contributed by atoms with van der Waals surface area (Å²) in [6.45, 7) is 16.2. The van der Waals surface area contributed by atoms with Crippen molar-refractivity contribution in [3.05, 3.63) is 23.5 Å². The Balaban J connectivity index is 2.13. The number of nitrogens with zero attached hydrogens (tertiary/aromatic N) is 3. The van der Waals surface area contributed by atoms with Gasteiger partial charge in [0.15, 0.2) is 14.1 Å². The van der Waals surface area contributed by atoms with Crippen LogP contribution in [0.2, 0.25) is 18.1 Å². The first-order valence-electron chi connectivity index (χ1n) is 10.9. The molecular weight excluding hydrogens is 461 g/mol. The second kappa shape index (κ2) is 10.1. The van der Waals surface area contributed by atoms with Crippen molar-refractivity contribution in [3.8, 4) is 6.07 Å². The molecule has 1 aromatic carbocycles. The third-order valence-corrected chi connectivity index (χ3v) is 12.5. The quantitative estimate of drug-likeness (QED) is 0.211. The minimum absolute atomic E-state index is 0.162. The first-order chi connectivity index (χ1) is 14.7. The number of anilines is 1. The predicted molar refractivity (Wildman–Crippen MR) is 136 cm³/mol. The van der Waals surface area contributed by atoms with Crippen molar-refractivity contribution in [2.45, 2.75) is 81.5 Å². The molecule has 2 rings (SSSR count). The molecule has 1 amide bonds. The molecular formula is C23H36FN3O2S2Si. The van der Waals surface area contributed by atoms with Gasteiger partial charge in [0.25, 0.3) is 0 Å². The monoisotopic (exact) mass is 497 g/mol. The lowest BCUT2D eigenvalue weighted by molar-refractivity contribution is -0.123. The lowest BCUT2D eigenvalue weighted by Crippen LogP contribution is -2.45. The first kappa shape index (κ1) is 27.2. The molecule has 5 nitrogen and oxygen atoms in total. The summed E-state index contributed by atoms with van der Waals surface area (Å²) in [5.41, 5.74) is -0.975. The number of amides is 1. The molecule has 1 saturated heterocycles. The van der Waals surface area contributed by atoms with Crippen LogP contribution in [0.15, 0.2) is 17.0 Å². The molecule has 1 heterocycles. The summed E-state index contributed by atoms with van der Waals surface area (Å²) in [6, 6.07) is 5.07. The number of carbonyl (C=O) groups is 1. The minimum Gasteiger partial charge on any atom is -0.417 e. The lowest BCUT2D eigenvalue weighted by atomic mass is 10.0. The third kappa shape index (κ3) is 5.20. The van der Waals surface area contributed by atoms with E-state index in [-0.39, 0.29) is 27.1 Å². The van der Waals surface area contributed by atoms with E-state index in [1.165, 1.54) is 11.0 Å². The van der Waals surface area contributed by atoms with E-state index < -0.39 is 25.2 Å². The number of hydrogen-bond donors (Lipinski definition) is 1. The van der Waals surface area contributed by atoms with Gasteiger partial charge in [0.2, 0.25) is 5.91 Å². The Kier molecular flexibility index (Phi) is 8.55. The second-order valence-electron chi connectivity index (χ2n) is 10.2. The van der Waals surface area contributed by atoms with Crippen LogP contribution in [0.4, 0.5) is 10.1 Å². The SMILES string of the molecule is CSc1c(C#N)ccc(N2C(=O)C(C)(C)N(CCCCO[Si](C)(C)C(C)(C)C)C2S)c1F. The zero-order chi connectivity index (χ0) is 24.5. The maximum absolute atomic E-state index is 15.2. The van der Waals surface area contributed by atoms with E-state index >= 15 is 4.39 Å². The van der Waals surface area contributed by atoms with Crippen LogP contribution in [-0.4, -0.2) is 49.6 Å². The third-order valence-electron chi connectivity index (χ3n) is 6.69. The van der Waals surface area contributed by atoms with Crippen molar-refractivity contribution in [3.63, 3.8) is 0 Å². The largest absolute Gasteiger partial charge is 0.417 e. The summed E-state index contributed by atoms with van der Waals surface area (Å²) >= 11 is 5.86. The van der Waals surface area contributed by atoms with Gasteiger partial charge in [-0.15, -0.1) is 24.4 Å². The fourth-order valence-electron chi connectivity index (χ4n) is 3.53. The minimum atomic E-state index is -1.78. The summed E-state index contributed by atoms with van der Waals surface area (Å²) in [7, 11) is -1.78. The molecule has 0 aliphatic carbocycles. The molecule has 1 atom stereocenters. The van der Waals surface area contributed by atoms with Gasteiger partial charge in [-0.3, -0.25) is 14.6 Å². The van der Waals surface area contributed by atoms with Gasteiger partial charge in [-0.2, -0.15) is 5.26 Å². The summed E-state index contributed by atoms with van der Waals surface area (Å²) in [5, 5.41) is 9.43. The van der Waals surface area contributed by atoms with Crippen molar-refractivity contribution in [2.24, 2.45) is 0 Å². The van der Waals surface area contributed by atoms with Gasteiger partial charge < -0.3 is 4.43 Å². The summed E-state index contributed by atoms with van der Waals surface area (Å²) in [4.78, 5) is 16.9. The Morgan fingerprint density at radius 3 is 2.47 bits per heavy atom. The van der Waals surface area contributed by atoms with Crippen LogP contribution in [0.3, 0.4) is 0 Å². The van der Waals surface area contributed by atoms with Crippen molar-refractivity contribution >= 4 is 44.3 Å². The van der Waals surface area contributed by atoms with Crippen LogP contribution in [0, 0.1) is 17.1 Å². The van der Waals surface area contributed by atoms with E-state index in [0.29, 0.717) is 13.2 Å². The number of benzene rings is 1.